The average molecular weight is 515 g/mol. The van der Waals surface area contributed by atoms with Crippen LogP contribution in [-0.2, 0) is 9.53 Å². The van der Waals surface area contributed by atoms with Gasteiger partial charge in [0.2, 0.25) is 0 Å². The summed E-state index contributed by atoms with van der Waals surface area (Å²) in [5.74, 6) is 1.34. The maximum Gasteiger partial charge on any atom is 0.343 e. The Labute approximate surface area is 223 Å². The van der Waals surface area contributed by atoms with Crippen molar-refractivity contribution in [2.75, 3.05) is 13.2 Å². The summed E-state index contributed by atoms with van der Waals surface area (Å²) in [6, 6.07) is 24.0. The molecule has 0 aliphatic carbocycles. The zero-order valence-corrected chi connectivity index (χ0v) is 22.2. The van der Waals surface area contributed by atoms with Crippen molar-refractivity contribution in [2.24, 2.45) is 5.41 Å². The fourth-order valence-electron chi connectivity index (χ4n) is 3.79. The number of hydrogen-bond acceptors (Lipinski definition) is 6. The molecule has 0 aliphatic heterocycles. The summed E-state index contributed by atoms with van der Waals surface area (Å²) in [5, 5.41) is 1.04. The molecule has 4 rings (SSSR count). The van der Waals surface area contributed by atoms with E-state index in [2.05, 4.69) is 0 Å². The topological polar surface area (TPSA) is 75.0 Å². The Morgan fingerprint density at radius 2 is 1.42 bits per heavy atom. The van der Waals surface area contributed by atoms with E-state index in [9.17, 15) is 9.59 Å². The number of carbonyl (C=O) groups excluding carboxylic acids is 2. The summed E-state index contributed by atoms with van der Waals surface area (Å²) in [4.78, 5) is 24.3. The van der Waals surface area contributed by atoms with E-state index in [1.165, 1.54) is 0 Å². The third-order valence-corrected chi connectivity index (χ3v) is 6.02. The van der Waals surface area contributed by atoms with Crippen molar-refractivity contribution in [1.29, 1.82) is 0 Å². The van der Waals surface area contributed by atoms with E-state index < -0.39 is 11.4 Å². The normalized spacial score (nSPS) is 11.3. The molecule has 0 saturated heterocycles. The molecule has 6 heteroatoms. The maximum atomic E-state index is 12.6. The fourth-order valence-corrected chi connectivity index (χ4v) is 3.79. The van der Waals surface area contributed by atoms with Crippen LogP contribution in [0.5, 0.6) is 11.5 Å². The lowest BCUT2D eigenvalue weighted by Gasteiger charge is -2.16. The molecule has 0 unspecified atom stereocenters. The number of ether oxygens (including phenoxy) is 3. The van der Waals surface area contributed by atoms with E-state index >= 15 is 0 Å². The molecule has 0 atom stereocenters. The second-order valence-corrected chi connectivity index (χ2v) is 10.2. The zero-order chi connectivity index (χ0) is 27.0. The van der Waals surface area contributed by atoms with E-state index in [-0.39, 0.29) is 5.97 Å². The van der Waals surface area contributed by atoms with Crippen molar-refractivity contribution in [3.05, 3.63) is 84.4 Å². The number of furan rings is 1. The van der Waals surface area contributed by atoms with Gasteiger partial charge in [-0.2, -0.15) is 0 Å². The first-order chi connectivity index (χ1) is 18.3. The van der Waals surface area contributed by atoms with Crippen molar-refractivity contribution in [2.45, 2.75) is 46.5 Å². The van der Waals surface area contributed by atoms with Crippen molar-refractivity contribution in [3.63, 3.8) is 0 Å². The molecule has 0 amide bonds. The van der Waals surface area contributed by atoms with Gasteiger partial charge in [0.1, 0.15) is 22.8 Å². The molecule has 0 N–H and O–H groups in total. The minimum Gasteiger partial charge on any atom is -0.494 e. The Morgan fingerprint density at radius 3 is 2.11 bits per heavy atom. The Morgan fingerprint density at radius 1 is 0.763 bits per heavy atom. The van der Waals surface area contributed by atoms with Crippen molar-refractivity contribution in [1.82, 2.24) is 0 Å². The van der Waals surface area contributed by atoms with Gasteiger partial charge in [0.05, 0.1) is 24.2 Å². The van der Waals surface area contributed by atoms with E-state index in [0.717, 1.165) is 48.0 Å². The average Bonchev–Trinajstić information content (AvgIpc) is 3.34. The molecule has 3 aromatic carbocycles. The van der Waals surface area contributed by atoms with Gasteiger partial charge >= 0.3 is 11.9 Å². The predicted octanol–water partition coefficient (Wildman–Crippen LogP) is 7.85. The quantitative estimate of drug-likeness (QED) is 0.115. The van der Waals surface area contributed by atoms with E-state index in [4.69, 9.17) is 18.6 Å². The van der Waals surface area contributed by atoms with Crippen LogP contribution >= 0.6 is 0 Å². The Hall–Kier alpha value is -4.06. The third-order valence-electron chi connectivity index (χ3n) is 6.02. The standard InChI is InChI=1S/C32H34O6/c1-32(2,3)31(34)36-21-9-5-4-8-20-35-26-16-14-24(15-17-26)30(33)37-27-18-12-23(13-19-27)29-22-25-10-6-7-11-28(25)38-29/h6-7,10-19,22H,4-5,8-9,20-21H2,1-3H3. The smallest absolute Gasteiger partial charge is 0.343 e. The number of esters is 2. The van der Waals surface area contributed by atoms with Gasteiger partial charge in [-0.25, -0.2) is 4.79 Å². The minimum atomic E-state index is -0.456. The van der Waals surface area contributed by atoms with Gasteiger partial charge in [-0.1, -0.05) is 18.2 Å². The maximum absolute atomic E-state index is 12.6. The number of rotatable bonds is 11. The molecule has 1 aromatic heterocycles. The number of benzene rings is 3. The van der Waals surface area contributed by atoms with E-state index in [1.54, 1.807) is 36.4 Å². The van der Waals surface area contributed by atoms with Crippen molar-refractivity contribution in [3.8, 4) is 22.8 Å². The first kappa shape index (κ1) is 27.0. The summed E-state index contributed by atoms with van der Waals surface area (Å²) in [7, 11) is 0. The largest absolute Gasteiger partial charge is 0.494 e. The summed E-state index contributed by atoms with van der Waals surface area (Å²) in [6.07, 6.45) is 3.72. The minimum absolute atomic E-state index is 0.162. The fraction of sp³-hybridized carbons (Fsp3) is 0.312. The highest BCUT2D eigenvalue weighted by Crippen LogP contribution is 2.29. The van der Waals surface area contributed by atoms with Crippen LogP contribution in [0.3, 0.4) is 0 Å². The van der Waals surface area contributed by atoms with Crippen LogP contribution in [0, 0.1) is 5.41 Å². The molecule has 0 bridgehead atoms. The van der Waals surface area contributed by atoms with Gasteiger partial charge in [-0.05, 0) is 107 Å². The van der Waals surface area contributed by atoms with Crippen molar-refractivity contribution < 1.29 is 28.2 Å². The van der Waals surface area contributed by atoms with Crippen LogP contribution in [0.1, 0.15) is 56.8 Å². The highest BCUT2D eigenvalue weighted by Gasteiger charge is 2.22. The molecule has 0 aliphatic rings. The lowest BCUT2D eigenvalue weighted by atomic mass is 9.97. The Bertz CT molecular complexity index is 1310. The van der Waals surface area contributed by atoms with Crippen molar-refractivity contribution >= 4 is 22.9 Å². The zero-order valence-electron chi connectivity index (χ0n) is 22.2. The molecule has 38 heavy (non-hydrogen) atoms. The van der Waals surface area contributed by atoms with E-state index in [0.29, 0.717) is 30.3 Å². The second kappa shape index (κ2) is 12.5. The molecular formula is C32H34O6. The number of para-hydroxylation sites is 1. The SMILES string of the molecule is CC(C)(C)C(=O)OCCCCCCOc1ccc(C(=O)Oc2ccc(-c3cc4ccccc4o3)cc2)cc1. The summed E-state index contributed by atoms with van der Waals surface area (Å²) >= 11 is 0. The lowest BCUT2D eigenvalue weighted by molar-refractivity contribution is -0.153. The highest BCUT2D eigenvalue weighted by atomic mass is 16.5. The predicted molar refractivity (Wildman–Crippen MR) is 147 cm³/mol. The highest BCUT2D eigenvalue weighted by molar-refractivity contribution is 5.91. The second-order valence-electron chi connectivity index (χ2n) is 10.2. The Kier molecular flexibility index (Phi) is 8.85. The number of carbonyl (C=O) groups is 2. The van der Waals surface area contributed by atoms with Gasteiger partial charge in [0, 0.05) is 10.9 Å². The monoisotopic (exact) mass is 514 g/mol. The number of unbranched alkanes of at least 4 members (excludes halogenated alkanes) is 3. The van der Waals surface area contributed by atoms with E-state index in [1.807, 2.05) is 63.2 Å². The summed E-state index contributed by atoms with van der Waals surface area (Å²) in [5.41, 5.74) is 1.74. The molecular weight excluding hydrogens is 480 g/mol. The molecule has 0 radical (unpaired) electrons. The summed E-state index contributed by atoms with van der Waals surface area (Å²) in [6.45, 7) is 6.60. The van der Waals surface area contributed by atoms with Gasteiger partial charge in [-0.15, -0.1) is 0 Å². The van der Waals surface area contributed by atoms with Crippen LogP contribution in [-0.4, -0.2) is 25.2 Å². The molecule has 4 aromatic rings. The molecule has 0 spiro atoms. The van der Waals surface area contributed by atoms with Gasteiger partial charge in [0.15, 0.2) is 0 Å². The van der Waals surface area contributed by atoms with Crippen LogP contribution in [0.25, 0.3) is 22.3 Å². The Balaban J connectivity index is 1.17. The van der Waals surface area contributed by atoms with Gasteiger partial charge in [-0.3, -0.25) is 4.79 Å². The number of hydrogen-bond donors (Lipinski definition) is 0. The molecule has 0 saturated carbocycles. The third kappa shape index (κ3) is 7.48. The molecule has 0 fully saturated rings. The first-order valence-corrected chi connectivity index (χ1v) is 13.0. The number of fused-ring (bicyclic) bond motifs is 1. The summed E-state index contributed by atoms with van der Waals surface area (Å²) < 4.78 is 22.5. The van der Waals surface area contributed by atoms with Gasteiger partial charge < -0.3 is 18.6 Å². The van der Waals surface area contributed by atoms with Crippen LogP contribution in [0.15, 0.2) is 83.3 Å². The van der Waals surface area contributed by atoms with Crippen LogP contribution in [0.2, 0.25) is 0 Å². The molecule has 198 valence electrons. The van der Waals surface area contributed by atoms with Gasteiger partial charge in [0.25, 0.3) is 0 Å². The molecule has 6 nitrogen and oxygen atoms in total. The molecule has 1 heterocycles. The van der Waals surface area contributed by atoms with Crippen LogP contribution < -0.4 is 9.47 Å². The lowest BCUT2D eigenvalue weighted by Crippen LogP contribution is -2.23. The van der Waals surface area contributed by atoms with Crippen LogP contribution in [0.4, 0.5) is 0 Å². The first-order valence-electron chi connectivity index (χ1n) is 13.0.